The Bertz CT molecular complexity index is 750. The van der Waals surface area contributed by atoms with Gasteiger partial charge in [-0.1, -0.05) is 41.9 Å². The molecule has 0 radical (unpaired) electrons. The fourth-order valence-corrected chi connectivity index (χ4v) is 2.68. The van der Waals surface area contributed by atoms with E-state index in [-0.39, 0.29) is 28.2 Å². The molecule has 0 saturated heterocycles. The van der Waals surface area contributed by atoms with Gasteiger partial charge in [0.1, 0.15) is 11.1 Å². The Balaban J connectivity index is 2.04. The largest absolute Gasteiger partial charge is 0.346 e. The van der Waals surface area contributed by atoms with E-state index >= 15 is 0 Å². The van der Waals surface area contributed by atoms with Crippen LogP contribution in [0, 0.1) is 10.1 Å². The van der Waals surface area contributed by atoms with Crippen LogP contribution in [0.4, 0.5) is 5.69 Å². The number of hydrogen-bond acceptors (Lipinski definition) is 3. The summed E-state index contributed by atoms with van der Waals surface area (Å²) in [4.78, 5) is 23.9. The van der Waals surface area contributed by atoms with E-state index in [2.05, 4.69) is 17.4 Å². The number of benzene rings is 2. The monoisotopic (exact) mass is 362 g/mol. The first-order valence-electron chi connectivity index (χ1n) is 7.94. The molecule has 0 saturated carbocycles. The number of nitro benzene ring substituents is 1. The third-order valence-corrected chi connectivity index (χ3v) is 4.38. The second-order valence-corrected chi connectivity index (χ2v) is 6.50. The molecule has 1 amide bonds. The Kier molecular flexibility index (Phi) is 6.50. The lowest BCUT2D eigenvalue weighted by Crippen LogP contribution is -3.11. The van der Waals surface area contributed by atoms with Crippen LogP contribution in [0.25, 0.3) is 0 Å². The number of halogens is 1. The van der Waals surface area contributed by atoms with Gasteiger partial charge in [0.05, 0.1) is 25.6 Å². The number of rotatable bonds is 7. The highest BCUT2D eigenvalue weighted by Crippen LogP contribution is 2.24. The highest BCUT2D eigenvalue weighted by Gasteiger charge is 2.20. The molecular formula is C18H21ClN3O3+. The lowest BCUT2D eigenvalue weighted by atomic mass is 10.0. The van der Waals surface area contributed by atoms with Gasteiger partial charge in [0.2, 0.25) is 0 Å². The van der Waals surface area contributed by atoms with Crippen molar-refractivity contribution in [1.82, 2.24) is 5.32 Å². The van der Waals surface area contributed by atoms with E-state index in [1.54, 1.807) is 0 Å². The van der Waals surface area contributed by atoms with Gasteiger partial charge in [0.25, 0.3) is 11.6 Å². The number of carbonyl (C=O) groups is 1. The van der Waals surface area contributed by atoms with Gasteiger partial charge in [-0.15, -0.1) is 0 Å². The fraction of sp³-hybridized carbons (Fsp3) is 0.278. The van der Waals surface area contributed by atoms with E-state index < -0.39 is 4.92 Å². The van der Waals surface area contributed by atoms with E-state index in [1.165, 1.54) is 28.7 Å². The molecule has 0 aromatic heterocycles. The van der Waals surface area contributed by atoms with Crippen molar-refractivity contribution in [3.05, 3.63) is 74.8 Å². The van der Waals surface area contributed by atoms with Crippen LogP contribution in [0.3, 0.4) is 0 Å². The van der Waals surface area contributed by atoms with E-state index in [4.69, 9.17) is 11.6 Å². The van der Waals surface area contributed by atoms with Crippen molar-refractivity contribution in [2.24, 2.45) is 0 Å². The normalized spacial score (nSPS) is 12.0. The molecule has 2 aromatic rings. The van der Waals surface area contributed by atoms with Gasteiger partial charge in [-0.3, -0.25) is 14.9 Å². The molecule has 0 aliphatic heterocycles. The number of quaternary nitrogens is 1. The summed E-state index contributed by atoms with van der Waals surface area (Å²) in [5.74, 6) is -0.348. The fourth-order valence-electron chi connectivity index (χ4n) is 2.49. The molecule has 132 valence electrons. The zero-order valence-corrected chi connectivity index (χ0v) is 14.9. The van der Waals surface area contributed by atoms with Gasteiger partial charge >= 0.3 is 0 Å². The van der Waals surface area contributed by atoms with Crippen LogP contribution >= 0.6 is 11.6 Å². The molecule has 0 aliphatic carbocycles. The van der Waals surface area contributed by atoms with Crippen LogP contribution < -0.4 is 10.2 Å². The molecule has 0 heterocycles. The lowest BCUT2D eigenvalue weighted by Gasteiger charge is -2.22. The molecule has 2 aromatic carbocycles. The summed E-state index contributed by atoms with van der Waals surface area (Å²) in [5.41, 5.74) is 1.15. The average molecular weight is 363 g/mol. The summed E-state index contributed by atoms with van der Waals surface area (Å²) in [7, 11) is 4.07. The van der Waals surface area contributed by atoms with Crippen molar-refractivity contribution >= 4 is 23.2 Å². The van der Waals surface area contributed by atoms with Crippen molar-refractivity contribution in [2.75, 3.05) is 20.6 Å². The molecule has 0 fully saturated rings. The standard InChI is InChI=1S/C18H20ClN3O3/c1-21(2)15(10-13-6-4-3-5-7-13)12-20-18(23)14-8-9-16(19)17(11-14)22(24)25/h3-9,11,15H,10,12H2,1-2H3,(H,20,23)/p+1/t15-/m0/s1. The van der Waals surface area contributed by atoms with Gasteiger partial charge < -0.3 is 10.2 Å². The first kappa shape index (κ1) is 18.9. The molecule has 25 heavy (non-hydrogen) atoms. The third kappa shape index (κ3) is 5.27. The number of likely N-dealkylation sites (N-methyl/N-ethyl adjacent to an activating group) is 1. The number of amides is 1. The SMILES string of the molecule is C[NH+](C)[C@H](CNC(=O)c1ccc(Cl)c([N+](=O)[O-])c1)Cc1ccccc1. The number of carbonyl (C=O) groups excluding carboxylic acids is 1. The number of hydrogen-bond donors (Lipinski definition) is 2. The van der Waals surface area contributed by atoms with Gasteiger partial charge in [0.15, 0.2) is 0 Å². The van der Waals surface area contributed by atoms with Gasteiger partial charge in [-0.05, 0) is 17.7 Å². The molecular weight excluding hydrogens is 342 g/mol. The molecule has 1 atom stereocenters. The van der Waals surface area contributed by atoms with Gasteiger partial charge in [-0.25, -0.2) is 0 Å². The Morgan fingerprint density at radius 2 is 1.92 bits per heavy atom. The van der Waals surface area contributed by atoms with Crippen molar-refractivity contribution in [1.29, 1.82) is 0 Å². The van der Waals surface area contributed by atoms with E-state index in [0.717, 1.165) is 6.42 Å². The van der Waals surface area contributed by atoms with Crippen molar-refractivity contribution in [3.63, 3.8) is 0 Å². The topological polar surface area (TPSA) is 76.7 Å². The van der Waals surface area contributed by atoms with Gasteiger partial charge in [-0.2, -0.15) is 0 Å². The minimum atomic E-state index is -0.596. The Morgan fingerprint density at radius 3 is 2.52 bits per heavy atom. The molecule has 2 N–H and O–H groups in total. The van der Waals surface area contributed by atoms with Crippen LogP contribution in [-0.4, -0.2) is 37.5 Å². The highest BCUT2D eigenvalue weighted by molar-refractivity contribution is 6.32. The van der Waals surface area contributed by atoms with E-state index in [1.807, 2.05) is 32.3 Å². The Morgan fingerprint density at radius 1 is 1.24 bits per heavy atom. The maximum Gasteiger partial charge on any atom is 0.288 e. The number of nitro groups is 1. The number of nitrogens with one attached hydrogen (secondary N) is 2. The Hall–Kier alpha value is -2.44. The molecule has 0 aliphatic rings. The minimum absolute atomic E-state index is 0.0150. The molecule has 0 unspecified atom stereocenters. The maximum absolute atomic E-state index is 12.3. The molecule has 7 heteroatoms. The summed E-state index contributed by atoms with van der Waals surface area (Å²) >= 11 is 5.78. The third-order valence-electron chi connectivity index (χ3n) is 4.06. The quantitative estimate of drug-likeness (QED) is 0.581. The van der Waals surface area contributed by atoms with Gasteiger partial charge in [0, 0.05) is 18.1 Å². The first-order valence-corrected chi connectivity index (χ1v) is 8.32. The summed E-state index contributed by atoms with van der Waals surface area (Å²) in [5, 5.41) is 13.8. The van der Waals surface area contributed by atoms with Crippen LogP contribution in [-0.2, 0) is 6.42 Å². The number of nitrogens with zero attached hydrogens (tertiary/aromatic N) is 1. The molecule has 6 nitrogen and oxygen atoms in total. The molecule has 0 spiro atoms. The summed E-state index contributed by atoms with van der Waals surface area (Å²) in [6.07, 6.45) is 0.824. The van der Waals surface area contributed by atoms with Crippen LogP contribution in [0.1, 0.15) is 15.9 Å². The van der Waals surface area contributed by atoms with Crippen LogP contribution in [0.15, 0.2) is 48.5 Å². The van der Waals surface area contributed by atoms with Crippen molar-refractivity contribution in [3.8, 4) is 0 Å². The second-order valence-electron chi connectivity index (χ2n) is 6.10. The predicted molar refractivity (Wildman–Crippen MR) is 97.2 cm³/mol. The van der Waals surface area contributed by atoms with Crippen LogP contribution in [0.2, 0.25) is 5.02 Å². The second kappa shape index (κ2) is 8.60. The highest BCUT2D eigenvalue weighted by atomic mass is 35.5. The first-order chi connectivity index (χ1) is 11.9. The van der Waals surface area contributed by atoms with Crippen molar-refractivity contribution < 1.29 is 14.6 Å². The van der Waals surface area contributed by atoms with Crippen molar-refractivity contribution in [2.45, 2.75) is 12.5 Å². The lowest BCUT2D eigenvalue weighted by molar-refractivity contribution is -0.884. The minimum Gasteiger partial charge on any atom is -0.346 e. The summed E-state index contributed by atoms with van der Waals surface area (Å²) in [6.45, 7) is 0.465. The summed E-state index contributed by atoms with van der Waals surface area (Å²) in [6, 6.07) is 14.3. The predicted octanol–water partition coefficient (Wildman–Crippen LogP) is 1.73. The zero-order chi connectivity index (χ0) is 18.4. The zero-order valence-electron chi connectivity index (χ0n) is 14.2. The Labute approximate surface area is 151 Å². The van der Waals surface area contributed by atoms with E-state index in [0.29, 0.717) is 6.54 Å². The maximum atomic E-state index is 12.3. The smallest absolute Gasteiger partial charge is 0.288 e. The average Bonchev–Trinajstić information content (AvgIpc) is 2.59. The molecule has 0 bridgehead atoms. The summed E-state index contributed by atoms with van der Waals surface area (Å²) < 4.78 is 0. The van der Waals surface area contributed by atoms with Crippen LogP contribution in [0.5, 0.6) is 0 Å². The van der Waals surface area contributed by atoms with E-state index in [9.17, 15) is 14.9 Å². The molecule has 2 rings (SSSR count).